The summed E-state index contributed by atoms with van der Waals surface area (Å²) in [5.41, 5.74) is 2.19. The average Bonchev–Trinajstić information content (AvgIpc) is 2.89. The molecule has 0 saturated heterocycles. The van der Waals surface area contributed by atoms with Crippen LogP contribution in [0.15, 0.2) is 24.5 Å². The Morgan fingerprint density at radius 3 is 2.36 bits per heavy atom. The van der Waals surface area contributed by atoms with Crippen LogP contribution in [0, 0.1) is 0 Å². The number of nitrogens with two attached hydrogens (primary N) is 1. The van der Waals surface area contributed by atoms with E-state index in [-0.39, 0.29) is 21.4 Å². The molecule has 2 aromatic rings. The Morgan fingerprint density at radius 1 is 1.36 bits per heavy atom. The summed E-state index contributed by atoms with van der Waals surface area (Å²) < 4.78 is 41.1. The molecule has 1 aromatic carbocycles. The lowest BCUT2D eigenvalue weighted by Gasteiger charge is -2.29. The Hall–Kier alpha value is -1.97. The third kappa shape index (κ3) is 3.83. The fourth-order valence-electron chi connectivity index (χ4n) is 2.16. The van der Waals surface area contributed by atoms with Gasteiger partial charge in [0.1, 0.15) is 0 Å². The van der Waals surface area contributed by atoms with Crippen molar-refractivity contribution in [2.75, 3.05) is 11.1 Å². The van der Waals surface area contributed by atoms with Crippen molar-refractivity contribution in [2.24, 2.45) is 7.05 Å². The van der Waals surface area contributed by atoms with Crippen molar-refractivity contribution in [2.45, 2.75) is 18.2 Å². The molecule has 6 nitrogen and oxygen atoms in total. The van der Waals surface area contributed by atoms with Gasteiger partial charge in [0.25, 0.3) is 0 Å². The summed E-state index contributed by atoms with van der Waals surface area (Å²) in [6.07, 6.45) is -4.12. The number of aliphatic hydroxyl groups is 1. The van der Waals surface area contributed by atoms with E-state index >= 15 is 0 Å². The molecule has 4 N–H and O–H groups in total. The third-order valence-electron chi connectivity index (χ3n) is 3.44. The second-order valence-electron chi connectivity index (χ2n) is 5.30. The van der Waals surface area contributed by atoms with Gasteiger partial charge in [0.2, 0.25) is 11.5 Å². The number of hydrogen-bond acceptors (Lipinski definition) is 4. The van der Waals surface area contributed by atoms with Crippen LogP contribution in [0.25, 0.3) is 0 Å². The fraction of sp³-hybridized carbons (Fsp3) is 0.286. The molecule has 1 aromatic heterocycles. The molecule has 0 radical (unpaired) electrons. The van der Waals surface area contributed by atoms with Gasteiger partial charge < -0.3 is 20.7 Å². The number of nitrogens with one attached hydrogen (secondary N) is 1. The van der Waals surface area contributed by atoms with Crippen LogP contribution >= 0.6 is 23.2 Å². The number of alkyl halides is 3. The molecule has 0 spiro atoms. The van der Waals surface area contributed by atoms with Gasteiger partial charge in [0, 0.05) is 25.1 Å². The molecular formula is C14H13Cl2F3N4O2. The normalized spacial score (nSPS) is 14.2. The minimum Gasteiger partial charge on any atom is -0.396 e. The van der Waals surface area contributed by atoms with Crippen LogP contribution in [0.4, 0.5) is 24.5 Å². The Bertz CT molecular complexity index is 787. The van der Waals surface area contributed by atoms with Crippen LogP contribution in [-0.4, -0.2) is 26.7 Å². The monoisotopic (exact) mass is 396 g/mol. The van der Waals surface area contributed by atoms with E-state index in [1.807, 2.05) is 0 Å². The van der Waals surface area contributed by atoms with E-state index < -0.39 is 29.9 Å². The van der Waals surface area contributed by atoms with Crippen LogP contribution in [0.3, 0.4) is 0 Å². The molecule has 1 amide bonds. The van der Waals surface area contributed by atoms with Gasteiger partial charge in [0.15, 0.2) is 5.82 Å². The number of imidazole rings is 1. The quantitative estimate of drug-likeness (QED) is 0.692. The predicted octanol–water partition coefficient (Wildman–Crippen LogP) is 3.09. The first kappa shape index (κ1) is 19.4. The Balaban J connectivity index is 2.29. The van der Waals surface area contributed by atoms with Crippen LogP contribution in [-0.2, 0) is 17.4 Å². The van der Waals surface area contributed by atoms with Crippen molar-refractivity contribution in [1.82, 2.24) is 9.55 Å². The minimum absolute atomic E-state index is 0.0259. The van der Waals surface area contributed by atoms with E-state index in [4.69, 9.17) is 28.9 Å². The average molecular weight is 397 g/mol. The highest BCUT2D eigenvalue weighted by atomic mass is 35.5. The summed E-state index contributed by atoms with van der Waals surface area (Å²) in [5.74, 6) is -1.82. The van der Waals surface area contributed by atoms with Crippen molar-refractivity contribution in [1.29, 1.82) is 0 Å². The lowest BCUT2D eigenvalue weighted by atomic mass is 9.97. The highest BCUT2D eigenvalue weighted by Crippen LogP contribution is 2.41. The number of rotatable bonds is 4. The highest BCUT2D eigenvalue weighted by molar-refractivity contribution is 6.39. The van der Waals surface area contributed by atoms with E-state index in [9.17, 15) is 23.1 Å². The smallest absolute Gasteiger partial charge is 0.396 e. The lowest BCUT2D eigenvalue weighted by molar-refractivity contribution is -0.270. The number of hydrogen-bond donors (Lipinski definition) is 3. The first-order chi connectivity index (χ1) is 11.5. The van der Waals surface area contributed by atoms with Crippen molar-refractivity contribution < 1.29 is 23.1 Å². The molecule has 0 fully saturated rings. The lowest BCUT2D eigenvalue weighted by Crippen LogP contribution is -2.46. The first-order valence-corrected chi connectivity index (χ1v) is 7.52. The van der Waals surface area contributed by atoms with Crippen molar-refractivity contribution in [3.63, 3.8) is 0 Å². The molecule has 0 aliphatic heterocycles. The molecule has 11 heteroatoms. The molecule has 1 unspecified atom stereocenters. The van der Waals surface area contributed by atoms with Crippen molar-refractivity contribution in [3.05, 3.63) is 40.4 Å². The number of aromatic nitrogens is 2. The summed E-state index contributed by atoms with van der Waals surface area (Å²) in [6, 6.07) is 2.46. The van der Waals surface area contributed by atoms with E-state index in [1.165, 1.54) is 25.4 Å². The zero-order valence-electron chi connectivity index (χ0n) is 12.7. The van der Waals surface area contributed by atoms with Crippen LogP contribution in [0.1, 0.15) is 12.2 Å². The minimum atomic E-state index is -5.13. The van der Waals surface area contributed by atoms with Gasteiger partial charge in [-0.1, -0.05) is 23.2 Å². The summed E-state index contributed by atoms with van der Waals surface area (Å²) >= 11 is 11.6. The molecular weight excluding hydrogens is 384 g/mol. The zero-order valence-corrected chi connectivity index (χ0v) is 14.2. The molecule has 1 atom stereocenters. The standard InChI is InChI=1S/C14H13Cl2F3N4O2/c1-23-3-2-21-12(23)13(25,14(17,18)19)6-10(24)22-7-4-8(15)11(20)9(16)5-7/h2-5,25H,6,20H2,1H3,(H,22,24). The Morgan fingerprint density at radius 2 is 1.92 bits per heavy atom. The van der Waals surface area contributed by atoms with E-state index in [1.54, 1.807) is 0 Å². The molecule has 0 aliphatic carbocycles. The molecule has 0 saturated carbocycles. The van der Waals surface area contributed by atoms with Gasteiger partial charge in [-0.3, -0.25) is 4.79 Å². The number of benzene rings is 1. The third-order valence-corrected chi connectivity index (χ3v) is 4.06. The van der Waals surface area contributed by atoms with Gasteiger partial charge in [-0.05, 0) is 12.1 Å². The molecule has 2 rings (SSSR count). The summed E-state index contributed by atoms with van der Waals surface area (Å²) in [7, 11) is 1.27. The van der Waals surface area contributed by atoms with Gasteiger partial charge in [-0.2, -0.15) is 13.2 Å². The second kappa shape index (κ2) is 6.74. The maximum absolute atomic E-state index is 13.4. The number of amides is 1. The number of carbonyl (C=O) groups is 1. The molecule has 0 bridgehead atoms. The number of anilines is 2. The van der Waals surface area contributed by atoms with Gasteiger partial charge in [-0.15, -0.1) is 0 Å². The Kier molecular flexibility index (Phi) is 5.22. The van der Waals surface area contributed by atoms with E-state index in [0.717, 1.165) is 10.8 Å². The van der Waals surface area contributed by atoms with Crippen LogP contribution in [0.2, 0.25) is 10.0 Å². The summed E-state index contributed by atoms with van der Waals surface area (Å²) in [6.45, 7) is 0. The van der Waals surface area contributed by atoms with E-state index in [0.29, 0.717) is 0 Å². The van der Waals surface area contributed by atoms with Crippen molar-refractivity contribution >= 4 is 40.5 Å². The first-order valence-electron chi connectivity index (χ1n) is 6.77. The summed E-state index contributed by atoms with van der Waals surface area (Å²) in [5, 5.41) is 12.4. The largest absolute Gasteiger partial charge is 0.425 e. The van der Waals surface area contributed by atoms with Gasteiger partial charge in [0.05, 0.1) is 22.2 Å². The number of nitrogens with zero attached hydrogens (tertiary/aromatic N) is 2. The van der Waals surface area contributed by atoms with Gasteiger partial charge in [-0.25, -0.2) is 4.98 Å². The molecule has 1 heterocycles. The topological polar surface area (TPSA) is 93.2 Å². The zero-order chi connectivity index (χ0) is 19.0. The Labute approximate surface area is 150 Å². The maximum atomic E-state index is 13.4. The van der Waals surface area contributed by atoms with Crippen molar-refractivity contribution in [3.8, 4) is 0 Å². The number of halogens is 5. The van der Waals surface area contributed by atoms with Crippen LogP contribution < -0.4 is 11.1 Å². The van der Waals surface area contributed by atoms with Crippen LogP contribution in [0.5, 0.6) is 0 Å². The summed E-state index contributed by atoms with van der Waals surface area (Å²) in [4.78, 5) is 15.6. The highest BCUT2D eigenvalue weighted by Gasteiger charge is 2.58. The predicted molar refractivity (Wildman–Crippen MR) is 87.3 cm³/mol. The molecule has 136 valence electrons. The number of nitrogen functional groups attached to an aromatic ring is 1. The fourth-order valence-corrected chi connectivity index (χ4v) is 2.65. The second-order valence-corrected chi connectivity index (χ2v) is 6.11. The van der Waals surface area contributed by atoms with Gasteiger partial charge >= 0.3 is 6.18 Å². The SMILES string of the molecule is Cn1ccnc1C(O)(CC(=O)Nc1cc(Cl)c(N)c(Cl)c1)C(F)(F)F. The number of aryl methyl sites for hydroxylation is 1. The van der Waals surface area contributed by atoms with E-state index in [2.05, 4.69) is 10.3 Å². The number of carbonyl (C=O) groups excluding carboxylic acids is 1. The molecule has 25 heavy (non-hydrogen) atoms. The molecule has 0 aliphatic rings. The maximum Gasteiger partial charge on any atom is 0.425 e.